The molecule has 0 heterocycles. The van der Waals surface area contributed by atoms with E-state index >= 15 is 0 Å². The minimum Gasteiger partial charge on any atom is -0.507 e. The maximum Gasteiger partial charge on any atom is 0.339 e. The highest BCUT2D eigenvalue weighted by atomic mass is 35.5. The van der Waals surface area contributed by atoms with Crippen LogP contribution in [0, 0.1) is 10.1 Å². The Balaban J connectivity index is 3.45. The molecule has 1 aromatic carbocycles. The zero-order valence-electron chi connectivity index (χ0n) is 7.31. The van der Waals surface area contributed by atoms with Crippen molar-refractivity contribution < 1.29 is 19.9 Å². The smallest absolute Gasteiger partial charge is 0.339 e. The van der Waals surface area contributed by atoms with E-state index in [0.717, 1.165) is 12.1 Å². The van der Waals surface area contributed by atoms with Crippen LogP contribution in [0.25, 0.3) is 0 Å². The van der Waals surface area contributed by atoms with Gasteiger partial charge in [-0.25, -0.2) is 4.79 Å². The molecule has 0 radical (unpaired) electrons. The standard InChI is InChI=1S/C8H6ClNO5/c9-3-4-1-5(10(14)15)2-6(7(4)11)8(12)13/h1-2,11H,3H2,(H,12,13). The van der Waals surface area contributed by atoms with Crippen LogP contribution in [0.15, 0.2) is 12.1 Å². The molecule has 0 aliphatic rings. The van der Waals surface area contributed by atoms with Crippen LogP contribution in [-0.2, 0) is 5.88 Å². The van der Waals surface area contributed by atoms with Gasteiger partial charge >= 0.3 is 5.97 Å². The predicted molar refractivity (Wildman–Crippen MR) is 51.3 cm³/mol. The fourth-order valence-corrected chi connectivity index (χ4v) is 1.25. The van der Waals surface area contributed by atoms with Gasteiger partial charge < -0.3 is 10.2 Å². The van der Waals surface area contributed by atoms with Gasteiger partial charge in [0.2, 0.25) is 0 Å². The maximum atomic E-state index is 10.6. The lowest BCUT2D eigenvalue weighted by Crippen LogP contribution is -2.01. The van der Waals surface area contributed by atoms with E-state index in [1.165, 1.54) is 0 Å². The third kappa shape index (κ3) is 2.16. The summed E-state index contributed by atoms with van der Waals surface area (Å²) >= 11 is 5.41. The minimum atomic E-state index is -1.44. The van der Waals surface area contributed by atoms with E-state index in [4.69, 9.17) is 16.7 Å². The molecule has 80 valence electrons. The fourth-order valence-electron chi connectivity index (χ4n) is 1.05. The summed E-state index contributed by atoms with van der Waals surface area (Å²) in [4.78, 5) is 20.3. The Labute approximate surface area is 88.9 Å². The Bertz CT molecular complexity index is 431. The Hall–Kier alpha value is -1.82. The van der Waals surface area contributed by atoms with Crippen molar-refractivity contribution >= 4 is 23.3 Å². The van der Waals surface area contributed by atoms with Crippen LogP contribution in [-0.4, -0.2) is 21.1 Å². The number of nitro benzene ring substituents is 1. The van der Waals surface area contributed by atoms with Crippen molar-refractivity contribution in [3.63, 3.8) is 0 Å². The summed E-state index contributed by atoms with van der Waals surface area (Å²) in [5.74, 6) is -2.18. The Morgan fingerprint density at radius 2 is 2.13 bits per heavy atom. The fraction of sp³-hybridized carbons (Fsp3) is 0.125. The largest absolute Gasteiger partial charge is 0.507 e. The molecule has 0 spiro atoms. The second-order valence-electron chi connectivity index (χ2n) is 2.70. The molecule has 0 bridgehead atoms. The second-order valence-corrected chi connectivity index (χ2v) is 2.96. The van der Waals surface area contributed by atoms with Crippen LogP contribution in [0.4, 0.5) is 5.69 Å². The number of phenols is 1. The summed E-state index contributed by atoms with van der Waals surface area (Å²) in [7, 11) is 0. The first-order valence-corrected chi connectivity index (χ1v) is 4.30. The molecule has 0 aliphatic heterocycles. The summed E-state index contributed by atoms with van der Waals surface area (Å²) in [6.07, 6.45) is 0. The van der Waals surface area contributed by atoms with Crippen molar-refractivity contribution in [1.29, 1.82) is 0 Å². The molecular weight excluding hydrogens is 226 g/mol. The molecule has 0 aromatic heterocycles. The number of rotatable bonds is 3. The monoisotopic (exact) mass is 231 g/mol. The van der Waals surface area contributed by atoms with Crippen molar-refractivity contribution in [3.05, 3.63) is 33.4 Å². The number of nitrogens with zero attached hydrogens (tertiary/aromatic N) is 1. The van der Waals surface area contributed by atoms with Crippen molar-refractivity contribution in [2.75, 3.05) is 0 Å². The first-order valence-electron chi connectivity index (χ1n) is 3.77. The van der Waals surface area contributed by atoms with Gasteiger partial charge in [-0.2, -0.15) is 0 Å². The summed E-state index contributed by atoms with van der Waals surface area (Å²) in [5.41, 5.74) is -0.927. The summed E-state index contributed by atoms with van der Waals surface area (Å²) in [5, 5.41) is 28.5. The molecule has 7 heteroatoms. The van der Waals surface area contributed by atoms with Crippen molar-refractivity contribution in [1.82, 2.24) is 0 Å². The van der Waals surface area contributed by atoms with Crippen LogP contribution >= 0.6 is 11.6 Å². The van der Waals surface area contributed by atoms with Gasteiger partial charge in [-0.1, -0.05) is 0 Å². The molecule has 0 fully saturated rings. The lowest BCUT2D eigenvalue weighted by atomic mass is 10.1. The summed E-state index contributed by atoms with van der Waals surface area (Å²) in [6, 6.07) is 1.82. The maximum absolute atomic E-state index is 10.6. The molecule has 15 heavy (non-hydrogen) atoms. The number of aromatic carboxylic acids is 1. The number of benzene rings is 1. The Morgan fingerprint density at radius 3 is 2.53 bits per heavy atom. The highest BCUT2D eigenvalue weighted by Gasteiger charge is 2.19. The summed E-state index contributed by atoms with van der Waals surface area (Å²) < 4.78 is 0. The molecule has 0 aliphatic carbocycles. The molecule has 0 unspecified atom stereocenters. The second kappa shape index (κ2) is 4.14. The van der Waals surface area contributed by atoms with Crippen molar-refractivity contribution in [2.24, 2.45) is 0 Å². The van der Waals surface area contributed by atoms with Gasteiger partial charge in [-0.15, -0.1) is 11.6 Å². The molecule has 0 amide bonds. The molecule has 1 aromatic rings. The highest BCUT2D eigenvalue weighted by Crippen LogP contribution is 2.29. The number of non-ortho nitro benzene ring substituents is 1. The normalized spacial score (nSPS) is 9.93. The number of nitro groups is 1. The lowest BCUT2D eigenvalue weighted by molar-refractivity contribution is -0.385. The zero-order chi connectivity index (χ0) is 11.6. The number of carboxylic acids is 1. The van der Waals surface area contributed by atoms with Crippen LogP contribution in [0.5, 0.6) is 5.75 Å². The Kier molecular flexibility index (Phi) is 3.11. The van der Waals surface area contributed by atoms with Gasteiger partial charge in [0, 0.05) is 17.7 Å². The third-order valence-corrected chi connectivity index (χ3v) is 2.05. The third-order valence-electron chi connectivity index (χ3n) is 1.76. The van der Waals surface area contributed by atoms with Crippen LogP contribution < -0.4 is 0 Å². The number of hydrogen-bond acceptors (Lipinski definition) is 4. The highest BCUT2D eigenvalue weighted by molar-refractivity contribution is 6.17. The first kappa shape index (κ1) is 11.3. The van der Waals surface area contributed by atoms with Gasteiger partial charge in [0.25, 0.3) is 5.69 Å². The number of hydrogen-bond donors (Lipinski definition) is 2. The van der Waals surface area contributed by atoms with Crippen LogP contribution in [0.2, 0.25) is 0 Å². The van der Waals surface area contributed by atoms with Crippen LogP contribution in [0.3, 0.4) is 0 Å². The number of halogens is 1. The summed E-state index contributed by atoms with van der Waals surface area (Å²) in [6.45, 7) is 0. The van der Waals surface area contributed by atoms with Gasteiger partial charge in [-0.3, -0.25) is 10.1 Å². The van der Waals surface area contributed by atoms with E-state index < -0.39 is 27.9 Å². The van der Waals surface area contributed by atoms with Gasteiger partial charge in [0.15, 0.2) is 0 Å². The number of alkyl halides is 1. The molecule has 2 N–H and O–H groups in total. The van der Waals surface area contributed by atoms with Gasteiger partial charge in [0.05, 0.1) is 10.8 Å². The van der Waals surface area contributed by atoms with Gasteiger partial charge in [-0.05, 0) is 0 Å². The minimum absolute atomic E-state index is 0.0169. The van der Waals surface area contributed by atoms with E-state index in [1.54, 1.807) is 0 Å². The van der Waals surface area contributed by atoms with E-state index in [1.807, 2.05) is 0 Å². The predicted octanol–water partition coefficient (Wildman–Crippen LogP) is 1.74. The van der Waals surface area contributed by atoms with Crippen molar-refractivity contribution in [2.45, 2.75) is 5.88 Å². The Morgan fingerprint density at radius 1 is 1.53 bits per heavy atom. The quantitative estimate of drug-likeness (QED) is 0.469. The van der Waals surface area contributed by atoms with Gasteiger partial charge in [0.1, 0.15) is 11.3 Å². The van der Waals surface area contributed by atoms with E-state index in [-0.39, 0.29) is 11.4 Å². The molecule has 1 rings (SSSR count). The first-order chi connectivity index (χ1) is 6.97. The molecular formula is C8H6ClNO5. The molecule has 0 saturated heterocycles. The SMILES string of the molecule is O=C(O)c1cc([N+](=O)[O-])cc(CCl)c1O. The lowest BCUT2D eigenvalue weighted by Gasteiger charge is -2.04. The van der Waals surface area contributed by atoms with Crippen LogP contribution in [0.1, 0.15) is 15.9 Å². The molecule has 6 nitrogen and oxygen atoms in total. The van der Waals surface area contributed by atoms with E-state index in [0.29, 0.717) is 0 Å². The van der Waals surface area contributed by atoms with Crippen molar-refractivity contribution in [3.8, 4) is 5.75 Å². The average Bonchev–Trinajstić information content (AvgIpc) is 2.17. The zero-order valence-corrected chi connectivity index (χ0v) is 8.06. The molecule has 0 saturated carbocycles. The number of aromatic hydroxyl groups is 1. The average molecular weight is 232 g/mol. The molecule has 0 atom stereocenters. The number of carboxylic acid groups (broad SMARTS) is 1. The number of carbonyl (C=O) groups is 1. The topological polar surface area (TPSA) is 101 Å². The van der Waals surface area contributed by atoms with E-state index in [2.05, 4.69) is 0 Å². The van der Waals surface area contributed by atoms with E-state index in [9.17, 15) is 20.0 Å².